The summed E-state index contributed by atoms with van der Waals surface area (Å²) in [4.78, 5) is 23.8. The molecule has 4 N–H and O–H groups in total. The summed E-state index contributed by atoms with van der Waals surface area (Å²) in [6, 6.07) is -0.416. The molecule has 0 bridgehead atoms. The molecular formula is C14H25N3O2. The molecule has 108 valence electrons. The lowest BCUT2D eigenvalue weighted by molar-refractivity contribution is -0.130. The Kier molecular flexibility index (Phi) is 4.80. The van der Waals surface area contributed by atoms with Gasteiger partial charge in [0.05, 0.1) is 0 Å². The van der Waals surface area contributed by atoms with E-state index in [0.717, 1.165) is 25.7 Å². The fraction of sp³-hybridized carbons (Fsp3) is 0.857. The van der Waals surface area contributed by atoms with Gasteiger partial charge in [0.2, 0.25) is 11.8 Å². The van der Waals surface area contributed by atoms with Crippen LogP contribution in [0, 0.1) is 11.8 Å². The molecule has 0 heterocycles. The number of amides is 2. The lowest BCUT2D eigenvalue weighted by Gasteiger charge is -2.18. The molecule has 0 spiro atoms. The van der Waals surface area contributed by atoms with Crippen molar-refractivity contribution in [2.45, 2.75) is 57.5 Å². The number of rotatable bonds is 6. The van der Waals surface area contributed by atoms with Crippen LogP contribution in [-0.2, 0) is 9.59 Å². The van der Waals surface area contributed by atoms with Gasteiger partial charge in [0, 0.05) is 18.5 Å². The molecular weight excluding hydrogens is 242 g/mol. The third kappa shape index (κ3) is 4.20. The molecule has 0 aromatic heterocycles. The van der Waals surface area contributed by atoms with Gasteiger partial charge in [-0.2, -0.15) is 0 Å². The zero-order valence-electron chi connectivity index (χ0n) is 11.7. The van der Waals surface area contributed by atoms with Crippen molar-refractivity contribution in [1.29, 1.82) is 0 Å². The number of hydrogen-bond donors (Lipinski definition) is 3. The first-order valence-electron chi connectivity index (χ1n) is 7.41. The average molecular weight is 267 g/mol. The Bertz CT molecular complexity index is 336. The molecule has 2 unspecified atom stereocenters. The molecule has 0 saturated heterocycles. The fourth-order valence-corrected chi connectivity index (χ4v) is 2.65. The van der Waals surface area contributed by atoms with Gasteiger partial charge >= 0.3 is 0 Å². The van der Waals surface area contributed by atoms with Gasteiger partial charge in [-0.3, -0.25) is 9.59 Å². The predicted molar refractivity (Wildman–Crippen MR) is 73.3 cm³/mol. The summed E-state index contributed by atoms with van der Waals surface area (Å²) >= 11 is 0. The molecule has 2 saturated carbocycles. The molecule has 0 radical (unpaired) electrons. The van der Waals surface area contributed by atoms with E-state index in [-0.39, 0.29) is 23.8 Å². The zero-order chi connectivity index (χ0) is 13.8. The van der Waals surface area contributed by atoms with E-state index in [9.17, 15) is 9.59 Å². The summed E-state index contributed by atoms with van der Waals surface area (Å²) in [7, 11) is 0. The first-order valence-corrected chi connectivity index (χ1v) is 7.41. The van der Waals surface area contributed by atoms with Gasteiger partial charge in [-0.05, 0) is 38.5 Å². The Morgan fingerprint density at radius 3 is 2.42 bits per heavy atom. The minimum atomic E-state index is -0.473. The number of nitrogens with one attached hydrogen (secondary N) is 2. The van der Waals surface area contributed by atoms with Crippen molar-refractivity contribution in [3.05, 3.63) is 0 Å². The lowest BCUT2D eigenvalue weighted by Crippen LogP contribution is -2.49. The highest BCUT2D eigenvalue weighted by molar-refractivity contribution is 5.88. The van der Waals surface area contributed by atoms with Crippen LogP contribution >= 0.6 is 0 Å². The van der Waals surface area contributed by atoms with Crippen LogP contribution in [0.2, 0.25) is 0 Å². The van der Waals surface area contributed by atoms with Crippen molar-refractivity contribution in [2.75, 3.05) is 6.54 Å². The molecule has 5 nitrogen and oxygen atoms in total. The molecule has 2 rings (SSSR count). The van der Waals surface area contributed by atoms with Crippen LogP contribution in [0.15, 0.2) is 0 Å². The standard InChI is InChI=1S/C14H25N3O2/c1-9(17-14(19)11-4-2-3-5-11)13(18)16-8-12(15)10-6-7-10/h9-12H,2-8,15H2,1H3,(H,16,18)(H,17,19). The van der Waals surface area contributed by atoms with Crippen LogP contribution in [0.25, 0.3) is 0 Å². The highest BCUT2D eigenvalue weighted by Crippen LogP contribution is 2.31. The van der Waals surface area contributed by atoms with Gasteiger partial charge in [-0.1, -0.05) is 12.8 Å². The monoisotopic (exact) mass is 267 g/mol. The number of carbonyl (C=O) groups is 2. The average Bonchev–Trinajstić information content (AvgIpc) is 3.10. The maximum absolute atomic E-state index is 11.9. The second kappa shape index (κ2) is 6.37. The number of carbonyl (C=O) groups excluding carboxylic acids is 2. The maximum Gasteiger partial charge on any atom is 0.242 e. The maximum atomic E-state index is 11.9. The van der Waals surface area contributed by atoms with Crippen molar-refractivity contribution in [3.63, 3.8) is 0 Å². The second-order valence-electron chi connectivity index (χ2n) is 5.96. The van der Waals surface area contributed by atoms with Crippen LogP contribution in [0.3, 0.4) is 0 Å². The van der Waals surface area contributed by atoms with E-state index in [0.29, 0.717) is 12.5 Å². The topological polar surface area (TPSA) is 84.2 Å². The van der Waals surface area contributed by atoms with E-state index in [2.05, 4.69) is 10.6 Å². The van der Waals surface area contributed by atoms with Crippen LogP contribution in [0.4, 0.5) is 0 Å². The molecule has 0 aromatic carbocycles. The summed E-state index contributed by atoms with van der Waals surface area (Å²) in [5, 5.41) is 5.62. The smallest absolute Gasteiger partial charge is 0.242 e. The zero-order valence-corrected chi connectivity index (χ0v) is 11.7. The van der Waals surface area contributed by atoms with E-state index in [1.807, 2.05) is 0 Å². The Hall–Kier alpha value is -1.10. The van der Waals surface area contributed by atoms with Crippen molar-refractivity contribution in [1.82, 2.24) is 10.6 Å². The summed E-state index contributed by atoms with van der Waals surface area (Å²) in [6.07, 6.45) is 6.49. The normalized spacial score (nSPS) is 22.8. The van der Waals surface area contributed by atoms with Crippen LogP contribution in [0.5, 0.6) is 0 Å². The van der Waals surface area contributed by atoms with Gasteiger partial charge in [0.15, 0.2) is 0 Å². The first kappa shape index (κ1) is 14.3. The van der Waals surface area contributed by atoms with Crippen molar-refractivity contribution in [3.8, 4) is 0 Å². The predicted octanol–water partition coefficient (Wildman–Crippen LogP) is 0.535. The first-order chi connectivity index (χ1) is 9.08. The molecule has 2 amide bonds. The fourth-order valence-electron chi connectivity index (χ4n) is 2.65. The Morgan fingerprint density at radius 1 is 1.21 bits per heavy atom. The molecule has 2 aliphatic carbocycles. The van der Waals surface area contributed by atoms with Gasteiger partial charge in [-0.15, -0.1) is 0 Å². The number of nitrogens with two attached hydrogens (primary N) is 1. The second-order valence-corrected chi connectivity index (χ2v) is 5.96. The van der Waals surface area contributed by atoms with Gasteiger partial charge in [0.1, 0.15) is 6.04 Å². The SMILES string of the molecule is CC(NC(=O)C1CCCC1)C(=O)NCC(N)C1CC1. The Labute approximate surface area is 114 Å². The third-order valence-corrected chi connectivity index (χ3v) is 4.22. The van der Waals surface area contributed by atoms with Crippen molar-refractivity contribution < 1.29 is 9.59 Å². The van der Waals surface area contributed by atoms with E-state index in [1.54, 1.807) is 6.92 Å². The largest absolute Gasteiger partial charge is 0.353 e. The minimum absolute atomic E-state index is 0.0200. The minimum Gasteiger partial charge on any atom is -0.353 e. The molecule has 2 aliphatic rings. The van der Waals surface area contributed by atoms with Gasteiger partial charge in [0.25, 0.3) is 0 Å². The highest BCUT2D eigenvalue weighted by Gasteiger charge is 2.29. The lowest BCUT2D eigenvalue weighted by atomic mass is 10.1. The van der Waals surface area contributed by atoms with E-state index < -0.39 is 6.04 Å². The summed E-state index contributed by atoms with van der Waals surface area (Å²) in [5.74, 6) is 0.557. The summed E-state index contributed by atoms with van der Waals surface area (Å²) < 4.78 is 0. The quantitative estimate of drug-likeness (QED) is 0.656. The van der Waals surface area contributed by atoms with Crippen LogP contribution in [-0.4, -0.2) is 30.4 Å². The van der Waals surface area contributed by atoms with Crippen LogP contribution < -0.4 is 16.4 Å². The van der Waals surface area contributed by atoms with E-state index in [4.69, 9.17) is 5.73 Å². The number of hydrogen-bond acceptors (Lipinski definition) is 3. The molecule has 5 heteroatoms. The Balaban J connectivity index is 1.67. The summed E-state index contributed by atoms with van der Waals surface area (Å²) in [5.41, 5.74) is 5.93. The molecule has 0 aliphatic heterocycles. The molecule has 2 atom stereocenters. The van der Waals surface area contributed by atoms with Crippen molar-refractivity contribution in [2.24, 2.45) is 17.6 Å². The van der Waals surface area contributed by atoms with E-state index in [1.165, 1.54) is 12.8 Å². The van der Waals surface area contributed by atoms with E-state index >= 15 is 0 Å². The van der Waals surface area contributed by atoms with Crippen LogP contribution in [0.1, 0.15) is 45.4 Å². The van der Waals surface area contributed by atoms with Gasteiger partial charge < -0.3 is 16.4 Å². The Morgan fingerprint density at radius 2 is 1.84 bits per heavy atom. The molecule has 2 fully saturated rings. The third-order valence-electron chi connectivity index (χ3n) is 4.22. The summed E-state index contributed by atoms with van der Waals surface area (Å²) in [6.45, 7) is 2.23. The van der Waals surface area contributed by atoms with Crippen molar-refractivity contribution >= 4 is 11.8 Å². The van der Waals surface area contributed by atoms with Gasteiger partial charge in [-0.25, -0.2) is 0 Å². The highest BCUT2D eigenvalue weighted by atomic mass is 16.2. The molecule has 19 heavy (non-hydrogen) atoms. The molecule has 0 aromatic rings.